The Balaban J connectivity index is 1.13. The van der Waals surface area contributed by atoms with Crippen LogP contribution in [0.25, 0.3) is 21.8 Å². The average molecular weight is 412 g/mol. The normalized spacial score (nSPS) is 18.2. The van der Waals surface area contributed by atoms with Crippen LogP contribution in [0.4, 0.5) is 0 Å². The van der Waals surface area contributed by atoms with E-state index >= 15 is 0 Å². The molecule has 8 heteroatoms. The number of aromatic nitrogens is 2. The van der Waals surface area contributed by atoms with Gasteiger partial charge in [-0.25, -0.2) is 10.9 Å². The number of carbonyl (C=O) groups is 2. The predicted molar refractivity (Wildman–Crippen MR) is 120 cm³/mol. The van der Waals surface area contributed by atoms with Crippen LogP contribution in [-0.4, -0.2) is 34.2 Å². The summed E-state index contributed by atoms with van der Waals surface area (Å²) in [6.45, 7) is 0. The van der Waals surface area contributed by atoms with E-state index in [1.807, 2.05) is 60.9 Å². The summed E-state index contributed by atoms with van der Waals surface area (Å²) in [4.78, 5) is 30.8. The smallest absolute Gasteiger partial charge is 0.244 e. The summed E-state index contributed by atoms with van der Waals surface area (Å²) >= 11 is 0. The molecule has 1 fully saturated rings. The second-order valence-corrected chi connectivity index (χ2v) is 7.50. The van der Waals surface area contributed by atoms with Crippen LogP contribution in [-0.2, 0) is 9.59 Å². The average Bonchev–Trinajstić information content (AvgIpc) is 3.35. The van der Waals surface area contributed by atoms with E-state index in [1.165, 1.54) is 0 Å². The number of nitrogens with zero attached hydrogens (tertiary/aromatic N) is 2. The maximum atomic E-state index is 12.3. The lowest BCUT2D eigenvalue weighted by Crippen LogP contribution is -2.25. The van der Waals surface area contributed by atoms with E-state index in [9.17, 15) is 9.59 Å². The summed E-state index contributed by atoms with van der Waals surface area (Å²) in [5, 5.41) is 10.1. The number of amides is 2. The third-order valence-electron chi connectivity index (χ3n) is 5.46. The summed E-state index contributed by atoms with van der Waals surface area (Å²) in [6.07, 6.45) is 7.35. The standard InChI is InChI=1S/C23H20N6O2/c30-22(28-26-12-14-10-24-20-7-3-1-5-16(14)20)18-9-19(18)23(31)29-27-13-15-11-25-21-8-4-2-6-17(15)21/h1-8,10-13,18-19,24-25H,9H2,(H,28,30)(H,29,31)/b26-12+,27-13+/t18-,19-/m1/s1. The highest BCUT2D eigenvalue weighted by molar-refractivity contribution is 6.00. The quantitative estimate of drug-likeness (QED) is 0.288. The number of hydrazone groups is 2. The molecule has 5 rings (SSSR count). The summed E-state index contributed by atoms with van der Waals surface area (Å²) in [6, 6.07) is 15.7. The van der Waals surface area contributed by atoms with E-state index < -0.39 is 0 Å². The molecule has 2 heterocycles. The topological polar surface area (TPSA) is 114 Å². The van der Waals surface area contributed by atoms with Gasteiger partial charge in [0.15, 0.2) is 0 Å². The maximum absolute atomic E-state index is 12.3. The first-order chi connectivity index (χ1) is 15.2. The van der Waals surface area contributed by atoms with Crippen molar-refractivity contribution in [1.29, 1.82) is 0 Å². The largest absolute Gasteiger partial charge is 0.361 e. The molecule has 0 aliphatic heterocycles. The van der Waals surface area contributed by atoms with Gasteiger partial charge in [0.2, 0.25) is 11.8 Å². The number of rotatable bonds is 6. The molecule has 0 saturated heterocycles. The highest BCUT2D eigenvalue weighted by Crippen LogP contribution is 2.38. The molecule has 4 aromatic rings. The number of benzene rings is 2. The molecule has 0 bridgehead atoms. The van der Waals surface area contributed by atoms with E-state index in [0.29, 0.717) is 6.42 Å². The zero-order chi connectivity index (χ0) is 21.2. The molecule has 31 heavy (non-hydrogen) atoms. The Morgan fingerprint density at radius 2 is 1.23 bits per heavy atom. The fraction of sp³-hybridized carbons (Fsp3) is 0.130. The Bertz CT molecular complexity index is 1230. The molecular formula is C23H20N6O2. The Labute approximate surface area is 177 Å². The molecule has 2 atom stereocenters. The Hall–Kier alpha value is -4.20. The van der Waals surface area contributed by atoms with Gasteiger partial charge >= 0.3 is 0 Å². The van der Waals surface area contributed by atoms with Gasteiger partial charge in [0, 0.05) is 45.3 Å². The van der Waals surface area contributed by atoms with Gasteiger partial charge in [-0.2, -0.15) is 10.2 Å². The minimum atomic E-state index is -0.386. The fourth-order valence-electron chi connectivity index (χ4n) is 3.67. The summed E-state index contributed by atoms with van der Waals surface area (Å²) in [5.74, 6) is -1.31. The molecular weight excluding hydrogens is 392 g/mol. The molecule has 4 N–H and O–H groups in total. The van der Waals surface area contributed by atoms with E-state index in [4.69, 9.17) is 0 Å². The van der Waals surface area contributed by atoms with Crippen molar-refractivity contribution >= 4 is 46.0 Å². The SMILES string of the molecule is O=C(N/N=C/c1c[nH]c2ccccc12)[C@@H]1C[C@H]1C(=O)N/N=C/c1c[nH]c2ccccc12. The molecule has 2 amide bonds. The second-order valence-electron chi connectivity index (χ2n) is 7.50. The van der Waals surface area contributed by atoms with E-state index in [2.05, 4.69) is 31.0 Å². The van der Waals surface area contributed by atoms with Crippen molar-refractivity contribution in [3.63, 3.8) is 0 Å². The van der Waals surface area contributed by atoms with Crippen molar-refractivity contribution in [2.45, 2.75) is 6.42 Å². The maximum Gasteiger partial charge on any atom is 0.244 e. The van der Waals surface area contributed by atoms with Crippen LogP contribution < -0.4 is 10.9 Å². The molecule has 2 aromatic heterocycles. The van der Waals surface area contributed by atoms with E-state index in [1.54, 1.807) is 12.4 Å². The lowest BCUT2D eigenvalue weighted by atomic mass is 10.2. The van der Waals surface area contributed by atoms with Crippen molar-refractivity contribution in [2.24, 2.45) is 22.0 Å². The first-order valence-corrected chi connectivity index (χ1v) is 9.99. The molecule has 0 spiro atoms. The number of H-pyrrole nitrogens is 2. The van der Waals surface area contributed by atoms with E-state index in [0.717, 1.165) is 32.9 Å². The highest BCUT2D eigenvalue weighted by atomic mass is 16.2. The third kappa shape index (κ3) is 3.83. The number of para-hydroxylation sites is 2. The molecule has 1 aliphatic carbocycles. The molecule has 0 radical (unpaired) electrons. The number of nitrogens with one attached hydrogen (secondary N) is 4. The molecule has 154 valence electrons. The van der Waals surface area contributed by atoms with Gasteiger partial charge in [-0.05, 0) is 18.6 Å². The van der Waals surface area contributed by atoms with Crippen molar-refractivity contribution in [3.05, 3.63) is 72.1 Å². The minimum Gasteiger partial charge on any atom is -0.361 e. The number of fused-ring (bicyclic) bond motifs is 2. The van der Waals surface area contributed by atoms with Crippen LogP contribution in [0.5, 0.6) is 0 Å². The second kappa shape index (κ2) is 7.91. The number of aromatic amines is 2. The van der Waals surface area contributed by atoms with Gasteiger partial charge in [0.1, 0.15) is 0 Å². The number of hydrogen-bond donors (Lipinski definition) is 4. The van der Waals surface area contributed by atoms with Crippen LogP contribution in [0, 0.1) is 11.8 Å². The van der Waals surface area contributed by atoms with Crippen LogP contribution in [0.1, 0.15) is 17.5 Å². The lowest BCUT2D eigenvalue weighted by Gasteiger charge is -1.99. The van der Waals surface area contributed by atoms with Crippen LogP contribution in [0.15, 0.2) is 71.1 Å². The Morgan fingerprint density at radius 3 is 1.71 bits per heavy atom. The number of hydrogen-bond acceptors (Lipinski definition) is 4. The van der Waals surface area contributed by atoms with Crippen LogP contribution in [0.2, 0.25) is 0 Å². The molecule has 8 nitrogen and oxygen atoms in total. The van der Waals surface area contributed by atoms with Gasteiger partial charge in [0.25, 0.3) is 0 Å². The Kier molecular flexibility index (Phi) is 4.80. The van der Waals surface area contributed by atoms with E-state index in [-0.39, 0.29) is 23.7 Å². The van der Waals surface area contributed by atoms with Crippen molar-refractivity contribution < 1.29 is 9.59 Å². The number of carbonyl (C=O) groups excluding carboxylic acids is 2. The van der Waals surface area contributed by atoms with Crippen molar-refractivity contribution in [3.8, 4) is 0 Å². The molecule has 1 saturated carbocycles. The highest BCUT2D eigenvalue weighted by Gasteiger charge is 2.48. The van der Waals surface area contributed by atoms with Gasteiger partial charge in [-0.3, -0.25) is 9.59 Å². The predicted octanol–water partition coefficient (Wildman–Crippen LogP) is 2.89. The minimum absolute atomic E-state index is 0.267. The van der Waals surface area contributed by atoms with Gasteiger partial charge < -0.3 is 9.97 Å². The van der Waals surface area contributed by atoms with Crippen molar-refractivity contribution in [1.82, 2.24) is 20.8 Å². The summed E-state index contributed by atoms with van der Waals surface area (Å²) in [7, 11) is 0. The van der Waals surface area contributed by atoms with Gasteiger partial charge in [-0.15, -0.1) is 0 Å². The third-order valence-corrected chi connectivity index (χ3v) is 5.46. The molecule has 0 unspecified atom stereocenters. The fourth-order valence-corrected chi connectivity index (χ4v) is 3.67. The Morgan fingerprint density at radius 1 is 0.774 bits per heavy atom. The molecule has 2 aromatic carbocycles. The monoisotopic (exact) mass is 412 g/mol. The summed E-state index contributed by atoms with van der Waals surface area (Å²) in [5.41, 5.74) is 8.82. The first-order valence-electron chi connectivity index (χ1n) is 9.99. The van der Waals surface area contributed by atoms with Gasteiger partial charge in [0.05, 0.1) is 24.3 Å². The summed E-state index contributed by atoms with van der Waals surface area (Å²) < 4.78 is 0. The van der Waals surface area contributed by atoms with Crippen molar-refractivity contribution in [2.75, 3.05) is 0 Å². The first kappa shape index (κ1) is 18.8. The lowest BCUT2D eigenvalue weighted by molar-refractivity contribution is -0.127. The molecule has 1 aliphatic rings. The van der Waals surface area contributed by atoms with Crippen LogP contribution >= 0.6 is 0 Å². The zero-order valence-corrected chi connectivity index (χ0v) is 16.5. The van der Waals surface area contributed by atoms with Gasteiger partial charge in [-0.1, -0.05) is 36.4 Å². The van der Waals surface area contributed by atoms with Crippen LogP contribution in [0.3, 0.4) is 0 Å². The zero-order valence-electron chi connectivity index (χ0n) is 16.5.